The molecule has 0 unspecified atom stereocenters. The van der Waals surface area contributed by atoms with Gasteiger partial charge >= 0.3 is 5.97 Å². The minimum atomic E-state index is -0.629. The van der Waals surface area contributed by atoms with E-state index in [1.807, 2.05) is 13.0 Å². The summed E-state index contributed by atoms with van der Waals surface area (Å²) in [4.78, 5) is 12.0. The van der Waals surface area contributed by atoms with Crippen molar-refractivity contribution in [2.24, 2.45) is 22.7 Å². The van der Waals surface area contributed by atoms with Gasteiger partial charge in [0.2, 0.25) is 0 Å². The summed E-state index contributed by atoms with van der Waals surface area (Å²) in [6, 6.07) is 0. The molecule has 2 fully saturated rings. The molecule has 2 aliphatic rings. The number of carboxylic acid groups (broad SMARTS) is 1. The molecule has 0 aromatic rings. The van der Waals surface area contributed by atoms with Gasteiger partial charge in [0.1, 0.15) is 0 Å². The molecule has 23 heavy (non-hydrogen) atoms. The van der Waals surface area contributed by atoms with Crippen LogP contribution in [0.3, 0.4) is 0 Å². The highest BCUT2D eigenvalue weighted by Gasteiger charge is 2.57. The van der Waals surface area contributed by atoms with E-state index in [4.69, 9.17) is 5.11 Å². The molecule has 0 aromatic carbocycles. The van der Waals surface area contributed by atoms with Gasteiger partial charge in [-0.25, -0.2) is 0 Å². The van der Waals surface area contributed by atoms with Gasteiger partial charge in [0.15, 0.2) is 0 Å². The van der Waals surface area contributed by atoms with E-state index in [1.165, 1.54) is 11.1 Å². The Bertz CT molecular complexity index is 507. The molecule has 3 nitrogen and oxygen atoms in total. The van der Waals surface area contributed by atoms with Crippen LogP contribution < -0.4 is 0 Å². The molecule has 130 valence electrons. The molecule has 0 aromatic heterocycles. The molecule has 2 N–H and O–H groups in total. The van der Waals surface area contributed by atoms with Crippen molar-refractivity contribution in [1.29, 1.82) is 0 Å². The minimum absolute atomic E-state index is 0.0419. The number of hydrogen-bond acceptors (Lipinski definition) is 2. The maximum atomic E-state index is 12.0. The number of aliphatic hydroxyl groups excluding tert-OH is 1. The van der Waals surface area contributed by atoms with Crippen LogP contribution in [0.15, 0.2) is 23.8 Å². The van der Waals surface area contributed by atoms with Gasteiger partial charge in [0.25, 0.3) is 0 Å². The standard InChI is InChI=1S/C20H32O3/c1-14(10-13-21)6-8-16-15(2)7-9-17-19(16,3)11-5-12-20(17,4)18(22)23/h10,16-17,21H,2,5-9,11-13H2,1,3-4H3,(H,22,23)/b14-10-/t16-,17-,19+,20-/m1/s1. The van der Waals surface area contributed by atoms with Crippen LogP contribution in [0.5, 0.6) is 0 Å². The second-order valence-electron chi connectivity index (χ2n) is 8.16. The first-order valence-corrected chi connectivity index (χ1v) is 8.93. The third kappa shape index (κ3) is 3.26. The Morgan fingerprint density at radius 1 is 1.39 bits per heavy atom. The van der Waals surface area contributed by atoms with Gasteiger partial charge < -0.3 is 10.2 Å². The number of carbonyl (C=O) groups is 1. The van der Waals surface area contributed by atoms with Crippen LogP contribution in [0.4, 0.5) is 0 Å². The average molecular weight is 320 g/mol. The van der Waals surface area contributed by atoms with Gasteiger partial charge in [-0.2, -0.15) is 0 Å². The molecule has 4 atom stereocenters. The lowest BCUT2D eigenvalue weighted by Crippen LogP contribution is -2.53. The molecule has 2 saturated carbocycles. The van der Waals surface area contributed by atoms with Crippen LogP contribution in [0.25, 0.3) is 0 Å². The fourth-order valence-corrected chi connectivity index (χ4v) is 5.37. The Labute approximate surface area is 140 Å². The predicted molar refractivity (Wildman–Crippen MR) is 93.1 cm³/mol. The van der Waals surface area contributed by atoms with Gasteiger partial charge in [0.05, 0.1) is 12.0 Å². The van der Waals surface area contributed by atoms with Crippen molar-refractivity contribution >= 4 is 5.97 Å². The van der Waals surface area contributed by atoms with E-state index in [2.05, 4.69) is 20.4 Å². The van der Waals surface area contributed by atoms with Gasteiger partial charge in [0, 0.05) is 0 Å². The molecule has 0 aliphatic heterocycles. The number of carboxylic acids is 1. The predicted octanol–water partition coefficient (Wildman–Crippen LogP) is 4.57. The number of hydrogen-bond donors (Lipinski definition) is 2. The number of allylic oxidation sites excluding steroid dienone is 2. The third-order valence-electron chi connectivity index (χ3n) is 6.78. The molecule has 0 heterocycles. The lowest BCUT2D eigenvalue weighted by atomic mass is 9.46. The van der Waals surface area contributed by atoms with E-state index in [1.54, 1.807) is 0 Å². The zero-order chi connectivity index (χ0) is 17.3. The maximum Gasteiger partial charge on any atom is 0.309 e. The van der Waals surface area contributed by atoms with Gasteiger partial charge in [-0.15, -0.1) is 0 Å². The summed E-state index contributed by atoms with van der Waals surface area (Å²) in [7, 11) is 0. The largest absolute Gasteiger partial charge is 0.481 e. The first kappa shape index (κ1) is 18.3. The second-order valence-corrected chi connectivity index (χ2v) is 8.16. The summed E-state index contributed by atoms with van der Waals surface area (Å²) in [6.07, 6.45) is 8.65. The third-order valence-corrected chi connectivity index (χ3v) is 6.78. The van der Waals surface area contributed by atoms with Crippen LogP contribution in [0.2, 0.25) is 0 Å². The molecular formula is C20H32O3. The normalized spacial score (nSPS) is 38.3. The van der Waals surface area contributed by atoms with Gasteiger partial charge in [-0.05, 0) is 69.6 Å². The highest BCUT2D eigenvalue weighted by Crippen LogP contribution is 2.62. The Morgan fingerprint density at radius 3 is 2.70 bits per heavy atom. The van der Waals surface area contributed by atoms with E-state index >= 15 is 0 Å². The zero-order valence-corrected chi connectivity index (χ0v) is 14.9. The summed E-state index contributed by atoms with van der Waals surface area (Å²) in [5, 5.41) is 18.9. The van der Waals surface area contributed by atoms with Gasteiger partial charge in [-0.1, -0.05) is 37.1 Å². The first-order valence-electron chi connectivity index (χ1n) is 8.93. The van der Waals surface area contributed by atoms with Crippen molar-refractivity contribution in [3.63, 3.8) is 0 Å². The van der Waals surface area contributed by atoms with Crippen molar-refractivity contribution in [2.45, 2.75) is 65.7 Å². The number of aliphatic carboxylic acids is 1. The molecule has 0 radical (unpaired) electrons. The van der Waals surface area contributed by atoms with Crippen LogP contribution in [-0.2, 0) is 4.79 Å². The lowest BCUT2D eigenvalue weighted by Gasteiger charge is -2.57. The number of aliphatic hydroxyl groups is 1. The Kier molecular flexibility index (Phi) is 5.40. The Morgan fingerprint density at radius 2 is 2.09 bits per heavy atom. The Balaban J connectivity index is 2.26. The summed E-state index contributed by atoms with van der Waals surface area (Å²) in [5.74, 6) is -0.00260. The van der Waals surface area contributed by atoms with Crippen LogP contribution in [0, 0.1) is 22.7 Å². The number of rotatable bonds is 5. The van der Waals surface area contributed by atoms with Crippen molar-refractivity contribution in [3.8, 4) is 0 Å². The Hall–Kier alpha value is -1.09. The molecule has 2 rings (SSSR count). The molecule has 0 spiro atoms. The lowest BCUT2D eigenvalue weighted by molar-refractivity contribution is -0.164. The van der Waals surface area contributed by atoms with Crippen molar-refractivity contribution < 1.29 is 15.0 Å². The topological polar surface area (TPSA) is 57.5 Å². The maximum absolute atomic E-state index is 12.0. The molecule has 2 aliphatic carbocycles. The first-order chi connectivity index (χ1) is 10.8. The fraction of sp³-hybridized carbons (Fsp3) is 0.750. The van der Waals surface area contributed by atoms with Gasteiger partial charge in [-0.3, -0.25) is 4.79 Å². The summed E-state index contributed by atoms with van der Waals surface area (Å²) in [6.45, 7) is 10.7. The average Bonchev–Trinajstić information content (AvgIpc) is 2.46. The fourth-order valence-electron chi connectivity index (χ4n) is 5.37. The van der Waals surface area contributed by atoms with Crippen molar-refractivity contribution in [1.82, 2.24) is 0 Å². The molecule has 0 amide bonds. The highest BCUT2D eigenvalue weighted by atomic mass is 16.4. The summed E-state index contributed by atoms with van der Waals surface area (Å²) in [5.41, 5.74) is 1.96. The molecular weight excluding hydrogens is 288 g/mol. The number of fused-ring (bicyclic) bond motifs is 1. The highest BCUT2D eigenvalue weighted by molar-refractivity contribution is 5.75. The monoisotopic (exact) mass is 320 g/mol. The van der Waals surface area contributed by atoms with E-state index in [0.29, 0.717) is 5.92 Å². The zero-order valence-electron chi connectivity index (χ0n) is 14.9. The summed E-state index contributed by atoms with van der Waals surface area (Å²) < 4.78 is 0. The van der Waals surface area contributed by atoms with Crippen LogP contribution >= 0.6 is 0 Å². The minimum Gasteiger partial charge on any atom is -0.481 e. The van der Waals surface area contributed by atoms with Crippen molar-refractivity contribution in [2.75, 3.05) is 6.61 Å². The molecule has 0 saturated heterocycles. The SMILES string of the molecule is C=C1CC[C@@H]2[C@@](C)(CCC[C@@]2(C)C(=O)O)[C@@H]1CC/C(C)=C\CO. The van der Waals surface area contributed by atoms with E-state index in [-0.39, 0.29) is 17.9 Å². The van der Waals surface area contributed by atoms with E-state index < -0.39 is 11.4 Å². The quantitative estimate of drug-likeness (QED) is 0.730. The smallest absolute Gasteiger partial charge is 0.309 e. The molecule has 3 heteroatoms. The second kappa shape index (κ2) is 6.80. The van der Waals surface area contributed by atoms with Crippen molar-refractivity contribution in [3.05, 3.63) is 23.8 Å². The van der Waals surface area contributed by atoms with Crippen LogP contribution in [0.1, 0.15) is 65.7 Å². The van der Waals surface area contributed by atoms with E-state index in [9.17, 15) is 9.90 Å². The van der Waals surface area contributed by atoms with E-state index in [0.717, 1.165) is 44.9 Å². The van der Waals surface area contributed by atoms with Crippen LogP contribution in [-0.4, -0.2) is 22.8 Å². The molecule has 0 bridgehead atoms. The summed E-state index contributed by atoms with van der Waals surface area (Å²) >= 11 is 0.